The molecule has 0 bridgehead atoms. The fraction of sp³-hybridized carbons (Fsp3) is 0.154. The van der Waals surface area contributed by atoms with Gasteiger partial charge in [0.1, 0.15) is 11.6 Å². The van der Waals surface area contributed by atoms with Crippen molar-refractivity contribution >= 4 is 10.8 Å². The monoisotopic (exact) mass is 408 g/mol. The van der Waals surface area contributed by atoms with Gasteiger partial charge in [0.25, 0.3) is 0 Å². The van der Waals surface area contributed by atoms with E-state index in [1.807, 2.05) is 24.3 Å². The van der Waals surface area contributed by atoms with E-state index in [-0.39, 0.29) is 11.1 Å². The van der Waals surface area contributed by atoms with E-state index in [9.17, 15) is 17.6 Å². The lowest BCUT2D eigenvalue weighted by atomic mass is 9.96. The minimum absolute atomic E-state index is 0.0476. The van der Waals surface area contributed by atoms with Gasteiger partial charge in [-0.3, -0.25) is 0 Å². The second-order valence-corrected chi connectivity index (χ2v) is 7.44. The maximum atomic E-state index is 14.7. The van der Waals surface area contributed by atoms with Crippen molar-refractivity contribution in [1.82, 2.24) is 0 Å². The average Bonchev–Trinajstić information content (AvgIpc) is 2.73. The first-order chi connectivity index (χ1) is 14.5. The minimum atomic E-state index is -1.15. The third-order valence-electron chi connectivity index (χ3n) is 5.31. The molecule has 4 aromatic carbocycles. The summed E-state index contributed by atoms with van der Waals surface area (Å²) in [7, 11) is 0. The molecule has 0 saturated heterocycles. The number of unbranched alkanes of at least 4 members (excludes halogenated alkanes) is 1. The molecule has 0 unspecified atom stereocenters. The lowest BCUT2D eigenvalue weighted by molar-refractivity contribution is 0.508. The van der Waals surface area contributed by atoms with Crippen LogP contribution in [0.25, 0.3) is 33.0 Å². The third-order valence-corrected chi connectivity index (χ3v) is 5.31. The summed E-state index contributed by atoms with van der Waals surface area (Å²) < 4.78 is 56.1. The molecule has 0 radical (unpaired) electrons. The molecule has 30 heavy (non-hydrogen) atoms. The zero-order valence-electron chi connectivity index (χ0n) is 16.5. The fourth-order valence-corrected chi connectivity index (χ4v) is 3.68. The van der Waals surface area contributed by atoms with Gasteiger partial charge in [-0.2, -0.15) is 0 Å². The van der Waals surface area contributed by atoms with E-state index in [1.54, 1.807) is 0 Å². The van der Waals surface area contributed by atoms with Gasteiger partial charge in [-0.15, -0.1) is 0 Å². The molecule has 0 aliphatic heterocycles. The van der Waals surface area contributed by atoms with Crippen LogP contribution in [0.4, 0.5) is 17.6 Å². The van der Waals surface area contributed by atoms with Crippen molar-refractivity contribution in [2.24, 2.45) is 0 Å². The molecule has 0 N–H and O–H groups in total. The van der Waals surface area contributed by atoms with Crippen molar-refractivity contribution in [2.45, 2.75) is 26.2 Å². The van der Waals surface area contributed by atoms with Crippen LogP contribution in [0.2, 0.25) is 0 Å². The topological polar surface area (TPSA) is 0 Å². The Balaban J connectivity index is 1.71. The minimum Gasteiger partial charge on any atom is -0.206 e. The maximum Gasteiger partial charge on any atom is 0.159 e. The van der Waals surface area contributed by atoms with Crippen LogP contribution >= 0.6 is 0 Å². The number of aryl methyl sites for hydroxylation is 1. The van der Waals surface area contributed by atoms with Crippen molar-refractivity contribution in [3.05, 3.63) is 95.6 Å². The summed E-state index contributed by atoms with van der Waals surface area (Å²) >= 11 is 0. The second kappa shape index (κ2) is 8.31. The Bertz CT molecular complexity index is 1200. The van der Waals surface area contributed by atoms with Crippen LogP contribution in [0, 0.1) is 23.3 Å². The van der Waals surface area contributed by atoms with E-state index >= 15 is 0 Å². The van der Waals surface area contributed by atoms with E-state index in [0.29, 0.717) is 11.1 Å². The standard InChI is InChI=1S/C26H20F4/c1-2-3-4-16-5-6-18-12-19(8-7-17(18)11-16)21-14-24(29)26(25(30)15-21)20-9-10-22(27)23(28)13-20/h5-15H,2-4H2,1H3. The number of hydrogen-bond donors (Lipinski definition) is 0. The highest BCUT2D eigenvalue weighted by molar-refractivity contribution is 5.88. The highest BCUT2D eigenvalue weighted by atomic mass is 19.2. The molecule has 0 saturated carbocycles. The van der Waals surface area contributed by atoms with E-state index < -0.39 is 23.3 Å². The van der Waals surface area contributed by atoms with Crippen molar-refractivity contribution < 1.29 is 17.6 Å². The molecule has 4 rings (SSSR count). The van der Waals surface area contributed by atoms with Gasteiger partial charge in [0, 0.05) is 0 Å². The smallest absolute Gasteiger partial charge is 0.159 e. The Morgan fingerprint density at radius 2 is 1.20 bits per heavy atom. The average molecular weight is 408 g/mol. The molecule has 0 amide bonds. The quantitative estimate of drug-likeness (QED) is 0.293. The zero-order valence-corrected chi connectivity index (χ0v) is 16.5. The van der Waals surface area contributed by atoms with Crippen LogP contribution in [-0.2, 0) is 6.42 Å². The van der Waals surface area contributed by atoms with Gasteiger partial charge in [-0.1, -0.05) is 49.7 Å². The molecular weight excluding hydrogens is 388 g/mol. The molecule has 0 aliphatic carbocycles. The molecule has 0 fully saturated rings. The predicted molar refractivity (Wildman–Crippen MR) is 113 cm³/mol. The van der Waals surface area contributed by atoms with Gasteiger partial charge in [-0.25, -0.2) is 17.6 Å². The summed E-state index contributed by atoms with van der Waals surface area (Å²) in [6, 6.07) is 17.2. The molecule has 0 atom stereocenters. The number of halogens is 4. The van der Waals surface area contributed by atoms with Gasteiger partial charge >= 0.3 is 0 Å². The maximum absolute atomic E-state index is 14.7. The first-order valence-corrected chi connectivity index (χ1v) is 9.94. The first-order valence-electron chi connectivity index (χ1n) is 9.94. The van der Waals surface area contributed by atoms with Crippen molar-refractivity contribution in [1.29, 1.82) is 0 Å². The summed E-state index contributed by atoms with van der Waals surface area (Å²) in [6.07, 6.45) is 3.29. The van der Waals surface area contributed by atoms with E-state index in [1.165, 1.54) is 17.7 Å². The van der Waals surface area contributed by atoms with E-state index in [4.69, 9.17) is 0 Å². The lowest BCUT2D eigenvalue weighted by Gasteiger charge is -2.10. The van der Waals surface area contributed by atoms with Crippen LogP contribution < -0.4 is 0 Å². The molecule has 0 nitrogen and oxygen atoms in total. The summed E-state index contributed by atoms with van der Waals surface area (Å²) in [4.78, 5) is 0. The van der Waals surface area contributed by atoms with Crippen molar-refractivity contribution in [3.63, 3.8) is 0 Å². The van der Waals surface area contributed by atoms with E-state index in [2.05, 4.69) is 19.1 Å². The van der Waals surface area contributed by atoms with Crippen LogP contribution in [0.1, 0.15) is 25.3 Å². The third kappa shape index (κ3) is 3.95. The molecule has 0 spiro atoms. The van der Waals surface area contributed by atoms with E-state index in [0.717, 1.165) is 48.2 Å². The molecule has 152 valence electrons. The van der Waals surface area contributed by atoms with Gasteiger partial charge in [-0.05, 0) is 76.2 Å². The largest absolute Gasteiger partial charge is 0.206 e. The predicted octanol–water partition coefficient (Wildman–Crippen LogP) is 8.07. The highest BCUT2D eigenvalue weighted by Crippen LogP contribution is 2.33. The Labute approximate surface area is 172 Å². The SMILES string of the molecule is CCCCc1ccc2cc(-c3cc(F)c(-c4ccc(F)c(F)c4)c(F)c3)ccc2c1. The summed E-state index contributed by atoms with van der Waals surface area (Å²) in [5.41, 5.74) is 1.91. The summed E-state index contributed by atoms with van der Waals surface area (Å²) in [5, 5.41) is 2.06. The van der Waals surface area contributed by atoms with Gasteiger partial charge in [0.15, 0.2) is 11.6 Å². The van der Waals surface area contributed by atoms with Crippen molar-refractivity contribution in [3.8, 4) is 22.3 Å². The number of benzene rings is 4. The summed E-state index contributed by atoms with van der Waals surface area (Å²) in [5.74, 6) is -3.87. The second-order valence-electron chi connectivity index (χ2n) is 7.44. The summed E-state index contributed by atoms with van der Waals surface area (Å²) in [6.45, 7) is 2.16. The fourth-order valence-electron chi connectivity index (χ4n) is 3.68. The van der Waals surface area contributed by atoms with Crippen LogP contribution in [0.5, 0.6) is 0 Å². The Morgan fingerprint density at radius 1 is 0.567 bits per heavy atom. The molecule has 0 aliphatic rings. The normalized spacial score (nSPS) is 11.2. The van der Waals surface area contributed by atoms with Crippen molar-refractivity contribution in [2.75, 3.05) is 0 Å². The van der Waals surface area contributed by atoms with Gasteiger partial charge in [0.05, 0.1) is 5.56 Å². The first kappa shape index (κ1) is 20.1. The Kier molecular flexibility index (Phi) is 5.58. The molecular formula is C26H20F4. The van der Waals surface area contributed by atoms with Crippen LogP contribution in [0.3, 0.4) is 0 Å². The highest BCUT2D eigenvalue weighted by Gasteiger charge is 2.16. The van der Waals surface area contributed by atoms with Crippen LogP contribution in [0.15, 0.2) is 66.7 Å². The lowest BCUT2D eigenvalue weighted by Crippen LogP contribution is -1.94. The zero-order chi connectivity index (χ0) is 21.3. The molecule has 0 heterocycles. The molecule has 0 aromatic heterocycles. The Morgan fingerprint density at radius 3 is 1.90 bits per heavy atom. The molecule has 4 heteroatoms. The number of fused-ring (bicyclic) bond motifs is 1. The molecule has 4 aromatic rings. The number of rotatable bonds is 5. The Hall–Kier alpha value is -3.14. The van der Waals surface area contributed by atoms with Crippen LogP contribution in [-0.4, -0.2) is 0 Å². The van der Waals surface area contributed by atoms with Gasteiger partial charge in [0.2, 0.25) is 0 Å². The number of hydrogen-bond acceptors (Lipinski definition) is 0. The van der Waals surface area contributed by atoms with Gasteiger partial charge < -0.3 is 0 Å².